The lowest BCUT2D eigenvalue weighted by Gasteiger charge is -2.07. The summed E-state index contributed by atoms with van der Waals surface area (Å²) in [7, 11) is 0. The van der Waals surface area contributed by atoms with Crippen molar-refractivity contribution in [1.82, 2.24) is 5.43 Å². The summed E-state index contributed by atoms with van der Waals surface area (Å²) in [6.07, 6.45) is 0.954. The predicted molar refractivity (Wildman–Crippen MR) is 108 cm³/mol. The Kier molecular flexibility index (Phi) is 7.74. The van der Waals surface area contributed by atoms with Gasteiger partial charge in [0.15, 0.2) is 0 Å². The van der Waals surface area contributed by atoms with E-state index in [9.17, 15) is 19.7 Å². The average molecular weight is 444 g/mol. The zero-order chi connectivity index (χ0) is 20.7. The molecule has 0 saturated heterocycles. The topological polar surface area (TPSA) is 114 Å². The van der Waals surface area contributed by atoms with Gasteiger partial charge in [0.1, 0.15) is 0 Å². The number of hydrogen-bond acceptors (Lipinski definition) is 5. The van der Waals surface area contributed by atoms with Crippen molar-refractivity contribution < 1.29 is 14.5 Å². The van der Waals surface area contributed by atoms with Crippen LogP contribution < -0.4 is 10.7 Å². The molecule has 2 aromatic rings. The number of carbonyl (C=O) groups is 2. The summed E-state index contributed by atoms with van der Waals surface area (Å²) in [5.41, 5.74) is 2.72. The van der Waals surface area contributed by atoms with E-state index in [-0.39, 0.29) is 34.1 Å². The highest BCUT2D eigenvalue weighted by Gasteiger charge is 2.10. The SMILES string of the molecule is O=C(CCC(=O)Nc1ccc(Cl)cc1Cl)NN=Cc1cc([N+](=O)[O-])ccc1Cl. The van der Waals surface area contributed by atoms with E-state index in [1.54, 1.807) is 12.1 Å². The van der Waals surface area contributed by atoms with E-state index in [0.717, 1.165) is 0 Å². The zero-order valence-electron chi connectivity index (χ0n) is 14.1. The molecule has 8 nitrogen and oxygen atoms in total. The second-order valence-electron chi connectivity index (χ2n) is 5.43. The van der Waals surface area contributed by atoms with E-state index >= 15 is 0 Å². The molecule has 0 saturated carbocycles. The normalized spacial score (nSPS) is 10.7. The molecule has 0 atom stereocenters. The van der Waals surface area contributed by atoms with Gasteiger partial charge >= 0.3 is 0 Å². The molecule has 2 N–H and O–H groups in total. The van der Waals surface area contributed by atoms with Crippen LogP contribution in [0.4, 0.5) is 11.4 Å². The largest absolute Gasteiger partial charge is 0.325 e. The van der Waals surface area contributed by atoms with Crippen LogP contribution in [-0.4, -0.2) is 23.0 Å². The molecule has 28 heavy (non-hydrogen) atoms. The van der Waals surface area contributed by atoms with Gasteiger partial charge in [-0.2, -0.15) is 5.10 Å². The number of carbonyl (C=O) groups excluding carboxylic acids is 2. The maximum absolute atomic E-state index is 11.9. The molecule has 0 aliphatic carbocycles. The first-order chi connectivity index (χ1) is 13.3. The predicted octanol–water partition coefficient (Wildman–Crippen LogP) is 4.42. The second kappa shape index (κ2) is 10.0. The molecule has 0 bridgehead atoms. The number of hydrazone groups is 1. The first-order valence-corrected chi connectivity index (χ1v) is 8.90. The standard InChI is InChI=1S/C17H13Cl3N4O4/c18-11-1-4-15(14(20)8-11)22-16(25)5-6-17(26)23-21-9-10-7-12(24(27)28)2-3-13(10)19/h1-4,7-9H,5-6H2,(H,22,25)(H,23,26). The molecular weight excluding hydrogens is 431 g/mol. The van der Waals surface area contributed by atoms with Crippen LogP contribution in [0.25, 0.3) is 0 Å². The van der Waals surface area contributed by atoms with Gasteiger partial charge in [-0.05, 0) is 24.3 Å². The third kappa shape index (κ3) is 6.49. The number of anilines is 1. The number of halogens is 3. The van der Waals surface area contributed by atoms with Crippen LogP contribution >= 0.6 is 34.8 Å². The summed E-state index contributed by atoms with van der Waals surface area (Å²) in [4.78, 5) is 33.9. The van der Waals surface area contributed by atoms with E-state index in [1.165, 1.54) is 30.5 Å². The minimum absolute atomic E-state index is 0.0993. The number of non-ortho nitro benzene ring substituents is 1. The van der Waals surface area contributed by atoms with Crippen LogP contribution in [0.1, 0.15) is 18.4 Å². The Bertz CT molecular complexity index is 950. The Hall–Kier alpha value is -2.68. The van der Waals surface area contributed by atoms with Gasteiger partial charge in [0.2, 0.25) is 11.8 Å². The Morgan fingerprint density at radius 1 is 1.04 bits per heavy atom. The summed E-state index contributed by atoms with van der Waals surface area (Å²) in [6, 6.07) is 8.44. The number of nitrogens with one attached hydrogen (secondary N) is 2. The minimum Gasteiger partial charge on any atom is -0.325 e. The fourth-order valence-corrected chi connectivity index (χ4v) is 2.63. The summed E-state index contributed by atoms with van der Waals surface area (Å²) < 4.78 is 0. The zero-order valence-corrected chi connectivity index (χ0v) is 16.4. The molecule has 0 aromatic heterocycles. The highest BCUT2D eigenvalue weighted by molar-refractivity contribution is 6.36. The first-order valence-electron chi connectivity index (χ1n) is 7.77. The average Bonchev–Trinajstić information content (AvgIpc) is 2.63. The third-order valence-electron chi connectivity index (χ3n) is 3.37. The molecule has 146 valence electrons. The Morgan fingerprint density at radius 3 is 2.43 bits per heavy atom. The van der Waals surface area contributed by atoms with E-state index in [0.29, 0.717) is 10.7 Å². The number of benzene rings is 2. The van der Waals surface area contributed by atoms with Crippen LogP contribution in [0.3, 0.4) is 0 Å². The monoisotopic (exact) mass is 442 g/mol. The van der Waals surface area contributed by atoms with Crippen LogP contribution in [0.5, 0.6) is 0 Å². The number of rotatable bonds is 7. The molecule has 11 heteroatoms. The van der Waals surface area contributed by atoms with E-state index < -0.39 is 16.7 Å². The van der Waals surface area contributed by atoms with Crippen molar-refractivity contribution >= 4 is 64.2 Å². The smallest absolute Gasteiger partial charge is 0.270 e. The third-order valence-corrected chi connectivity index (χ3v) is 4.26. The van der Waals surface area contributed by atoms with Crippen LogP contribution in [0, 0.1) is 10.1 Å². The van der Waals surface area contributed by atoms with Crippen molar-refractivity contribution in [2.75, 3.05) is 5.32 Å². The van der Waals surface area contributed by atoms with Crippen molar-refractivity contribution in [3.8, 4) is 0 Å². The molecule has 0 heterocycles. The maximum Gasteiger partial charge on any atom is 0.270 e. The Labute approximate surface area is 174 Å². The number of nitrogens with zero attached hydrogens (tertiary/aromatic N) is 2. The van der Waals surface area contributed by atoms with Crippen LogP contribution in [-0.2, 0) is 9.59 Å². The minimum atomic E-state index is -0.572. The molecule has 0 radical (unpaired) electrons. The van der Waals surface area contributed by atoms with Gasteiger partial charge in [-0.3, -0.25) is 19.7 Å². The van der Waals surface area contributed by atoms with Gasteiger partial charge in [-0.15, -0.1) is 0 Å². The van der Waals surface area contributed by atoms with Gasteiger partial charge in [-0.1, -0.05) is 34.8 Å². The lowest BCUT2D eigenvalue weighted by molar-refractivity contribution is -0.384. The lowest BCUT2D eigenvalue weighted by atomic mass is 10.2. The molecule has 0 aliphatic rings. The molecule has 2 amide bonds. The number of nitro benzene ring substituents is 1. The molecule has 0 aliphatic heterocycles. The highest BCUT2D eigenvalue weighted by atomic mass is 35.5. The fraction of sp³-hybridized carbons (Fsp3) is 0.118. The molecule has 0 unspecified atom stereocenters. The van der Waals surface area contributed by atoms with E-state index in [1.807, 2.05) is 0 Å². The van der Waals surface area contributed by atoms with Crippen LogP contribution in [0.15, 0.2) is 41.5 Å². The van der Waals surface area contributed by atoms with Crippen LogP contribution in [0.2, 0.25) is 15.1 Å². The molecule has 0 spiro atoms. The molecular formula is C17H13Cl3N4O4. The molecule has 2 rings (SSSR count). The van der Waals surface area contributed by atoms with Crippen molar-refractivity contribution in [1.29, 1.82) is 0 Å². The summed E-state index contributed by atoms with van der Waals surface area (Å²) in [5.74, 6) is -0.930. The quantitative estimate of drug-likeness (QED) is 0.374. The molecule has 0 fully saturated rings. The summed E-state index contributed by atoms with van der Waals surface area (Å²) >= 11 is 17.7. The van der Waals surface area contributed by atoms with Gasteiger partial charge in [0.25, 0.3) is 5.69 Å². The van der Waals surface area contributed by atoms with Crippen molar-refractivity contribution in [2.45, 2.75) is 12.8 Å². The maximum atomic E-state index is 11.9. The second-order valence-corrected chi connectivity index (χ2v) is 6.68. The number of amides is 2. The van der Waals surface area contributed by atoms with Crippen molar-refractivity contribution in [3.63, 3.8) is 0 Å². The van der Waals surface area contributed by atoms with E-state index in [4.69, 9.17) is 34.8 Å². The highest BCUT2D eigenvalue weighted by Crippen LogP contribution is 2.25. The summed E-state index contributed by atoms with van der Waals surface area (Å²) in [6.45, 7) is 0. The van der Waals surface area contributed by atoms with Gasteiger partial charge < -0.3 is 5.32 Å². The number of nitro groups is 1. The first kappa shape index (κ1) is 21.6. The molecule has 2 aromatic carbocycles. The van der Waals surface area contributed by atoms with Gasteiger partial charge in [-0.25, -0.2) is 5.43 Å². The van der Waals surface area contributed by atoms with Crippen molar-refractivity contribution in [2.24, 2.45) is 5.10 Å². The Balaban J connectivity index is 1.84. The summed E-state index contributed by atoms with van der Waals surface area (Å²) in [5, 5.41) is 18.0. The number of hydrogen-bond donors (Lipinski definition) is 2. The van der Waals surface area contributed by atoms with Crippen molar-refractivity contribution in [3.05, 3.63) is 67.1 Å². The lowest BCUT2D eigenvalue weighted by Crippen LogP contribution is -2.20. The fourth-order valence-electron chi connectivity index (χ4n) is 2.00. The van der Waals surface area contributed by atoms with Gasteiger partial charge in [0.05, 0.1) is 21.8 Å². The van der Waals surface area contributed by atoms with E-state index in [2.05, 4.69) is 15.8 Å². The Morgan fingerprint density at radius 2 is 1.75 bits per heavy atom. The van der Waals surface area contributed by atoms with Gasteiger partial charge in [0, 0.05) is 40.6 Å².